The van der Waals surface area contributed by atoms with E-state index in [1.165, 1.54) is 5.56 Å². The zero-order valence-electron chi connectivity index (χ0n) is 18.1. The smallest absolute Gasteiger partial charge is 0.255 e. The Morgan fingerprint density at radius 2 is 1.94 bits per heavy atom. The van der Waals surface area contributed by atoms with Crippen LogP contribution in [0.5, 0.6) is 0 Å². The summed E-state index contributed by atoms with van der Waals surface area (Å²) in [7, 11) is 4.06. The van der Waals surface area contributed by atoms with Gasteiger partial charge in [-0.1, -0.05) is 18.2 Å². The van der Waals surface area contributed by atoms with Gasteiger partial charge in [-0.05, 0) is 18.6 Å². The van der Waals surface area contributed by atoms with Gasteiger partial charge >= 0.3 is 0 Å². The maximum absolute atomic E-state index is 12.7. The summed E-state index contributed by atoms with van der Waals surface area (Å²) < 4.78 is 5.43. The van der Waals surface area contributed by atoms with E-state index < -0.39 is 0 Å². The van der Waals surface area contributed by atoms with Gasteiger partial charge in [0.2, 0.25) is 5.95 Å². The van der Waals surface area contributed by atoms with Crippen molar-refractivity contribution >= 4 is 22.7 Å². The van der Waals surface area contributed by atoms with Crippen molar-refractivity contribution in [3.63, 3.8) is 0 Å². The summed E-state index contributed by atoms with van der Waals surface area (Å²) in [5.74, 6) is 1.65. The number of rotatable bonds is 4. The number of hydrogen-bond acceptors (Lipinski definition) is 7. The normalized spacial score (nSPS) is 17.0. The Morgan fingerprint density at radius 3 is 2.74 bits per heavy atom. The second kappa shape index (κ2) is 8.28. The van der Waals surface area contributed by atoms with Gasteiger partial charge in [0.15, 0.2) is 0 Å². The van der Waals surface area contributed by atoms with Crippen molar-refractivity contribution in [2.24, 2.45) is 0 Å². The van der Waals surface area contributed by atoms with Gasteiger partial charge in [0, 0.05) is 63.3 Å². The Hall–Kier alpha value is -2.97. The van der Waals surface area contributed by atoms with E-state index in [1.54, 1.807) is 0 Å². The van der Waals surface area contributed by atoms with Gasteiger partial charge in [-0.2, -0.15) is 0 Å². The van der Waals surface area contributed by atoms with Crippen molar-refractivity contribution in [3.8, 4) is 0 Å². The highest BCUT2D eigenvalue weighted by molar-refractivity contribution is 5.81. The van der Waals surface area contributed by atoms with Crippen LogP contribution < -0.4 is 15.4 Å². The monoisotopic (exact) mass is 420 g/mol. The fourth-order valence-electron chi connectivity index (χ4n) is 4.43. The Kier molecular flexibility index (Phi) is 5.33. The third-order valence-electron chi connectivity index (χ3n) is 6.05. The van der Waals surface area contributed by atoms with Crippen LogP contribution in [0.3, 0.4) is 0 Å². The minimum atomic E-state index is -0.00695. The zero-order valence-corrected chi connectivity index (χ0v) is 18.1. The zero-order chi connectivity index (χ0) is 21.4. The molecule has 162 valence electrons. The number of hydrogen-bond donors (Lipinski definition) is 1. The van der Waals surface area contributed by atoms with Crippen LogP contribution in [-0.2, 0) is 24.2 Å². The fraction of sp³-hybridized carbons (Fsp3) is 0.435. The van der Waals surface area contributed by atoms with Crippen molar-refractivity contribution in [2.75, 3.05) is 56.7 Å². The molecule has 0 aliphatic carbocycles. The summed E-state index contributed by atoms with van der Waals surface area (Å²) in [6, 6.07) is 10.4. The number of anilines is 2. The molecule has 0 bridgehead atoms. The molecule has 1 N–H and O–H groups in total. The molecule has 31 heavy (non-hydrogen) atoms. The number of benzene rings is 1. The number of nitrogens with one attached hydrogen (secondary N) is 1. The molecule has 4 heterocycles. The summed E-state index contributed by atoms with van der Waals surface area (Å²) in [4.78, 5) is 31.9. The average molecular weight is 421 g/mol. The molecule has 1 fully saturated rings. The van der Waals surface area contributed by atoms with Crippen molar-refractivity contribution in [3.05, 3.63) is 57.5 Å². The largest absolute Gasteiger partial charge is 0.378 e. The van der Waals surface area contributed by atoms with Crippen molar-refractivity contribution in [2.45, 2.75) is 19.5 Å². The van der Waals surface area contributed by atoms with E-state index >= 15 is 0 Å². The molecule has 0 amide bonds. The van der Waals surface area contributed by atoms with E-state index in [9.17, 15) is 4.79 Å². The minimum absolute atomic E-state index is 0.00695. The van der Waals surface area contributed by atoms with Gasteiger partial charge in [0.1, 0.15) is 5.82 Å². The number of H-pyrrole nitrogens is 1. The van der Waals surface area contributed by atoms with Crippen LogP contribution in [0.15, 0.2) is 35.1 Å². The van der Waals surface area contributed by atoms with Gasteiger partial charge in [-0.3, -0.25) is 14.7 Å². The molecule has 2 aliphatic rings. The lowest BCUT2D eigenvalue weighted by atomic mass is 10.0. The van der Waals surface area contributed by atoms with Crippen LogP contribution in [0.4, 0.5) is 11.8 Å². The molecule has 8 nitrogen and oxygen atoms in total. The van der Waals surface area contributed by atoms with E-state index in [0.717, 1.165) is 54.2 Å². The highest BCUT2D eigenvalue weighted by Crippen LogP contribution is 2.26. The lowest BCUT2D eigenvalue weighted by Crippen LogP contribution is -2.40. The van der Waals surface area contributed by atoms with Gasteiger partial charge < -0.3 is 14.5 Å². The van der Waals surface area contributed by atoms with Gasteiger partial charge in [0.25, 0.3) is 5.56 Å². The Balaban J connectivity index is 1.42. The van der Waals surface area contributed by atoms with E-state index in [4.69, 9.17) is 14.7 Å². The Labute approximate surface area is 181 Å². The lowest BCUT2D eigenvalue weighted by molar-refractivity contribution is 0.122. The molecule has 5 rings (SSSR count). The molecule has 2 aromatic heterocycles. The van der Waals surface area contributed by atoms with E-state index in [1.807, 2.05) is 32.3 Å². The molecule has 0 atom stereocenters. The third kappa shape index (κ3) is 4.00. The van der Waals surface area contributed by atoms with Gasteiger partial charge in [0.05, 0.1) is 24.4 Å². The molecule has 8 heteroatoms. The number of pyridine rings is 1. The first-order chi connectivity index (χ1) is 15.1. The number of ether oxygens (including phenoxy) is 1. The van der Waals surface area contributed by atoms with Gasteiger partial charge in [-0.25, -0.2) is 9.97 Å². The van der Waals surface area contributed by atoms with Crippen LogP contribution in [0.1, 0.15) is 16.8 Å². The summed E-state index contributed by atoms with van der Waals surface area (Å²) in [5, 5.41) is 1.14. The summed E-state index contributed by atoms with van der Waals surface area (Å²) in [5.41, 5.74) is 3.88. The third-order valence-corrected chi connectivity index (χ3v) is 6.05. The Bertz CT molecular complexity index is 1150. The van der Waals surface area contributed by atoms with E-state index in [0.29, 0.717) is 32.1 Å². The number of fused-ring (bicyclic) bond motifs is 2. The molecule has 0 radical (unpaired) electrons. The summed E-state index contributed by atoms with van der Waals surface area (Å²) in [6.07, 6.45) is 0.708. The molecule has 1 saturated heterocycles. The van der Waals surface area contributed by atoms with Gasteiger partial charge in [-0.15, -0.1) is 0 Å². The predicted octanol–water partition coefficient (Wildman–Crippen LogP) is 1.78. The molecular formula is C23H28N6O2. The summed E-state index contributed by atoms with van der Waals surface area (Å²) >= 11 is 0. The van der Waals surface area contributed by atoms with Crippen LogP contribution in [0, 0.1) is 0 Å². The first-order valence-corrected chi connectivity index (χ1v) is 10.8. The first-order valence-electron chi connectivity index (χ1n) is 10.8. The number of morpholine rings is 1. The van der Waals surface area contributed by atoms with Crippen LogP contribution >= 0.6 is 0 Å². The quantitative estimate of drug-likeness (QED) is 0.689. The fourth-order valence-corrected chi connectivity index (χ4v) is 4.43. The molecule has 2 aliphatic heterocycles. The maximum atomic E-state index is 12.7. The van der Waals surface area contributed by atoms with Crippen LogP contribution in [0.2, 0.25) is 0 Å². The van der Waals surface area contributed by atoms with Crippen LogP contribution in [0.25, 0.3) is 10.9 Å². The van der Waals surface area contributed by atoms with Crippen molar-refractivity contribution in [1.29, 1.82) is 0 Å². The van der Waals surface area contributed by atoms with Crippen LogP contribution in [-0.4, -0.2) is 66.8 Å². The SMILES string of the molecule is CN(C)c1nc2ccccc2cc1CN1CCc2c(nc(N3CCOCC3)[nH]c2=O)C1. The standard InChI is InChI=1S/C23H28N6O2/c1-27(2)21-17(13-16-5-3-4-6-19(16)24-21)14-28-8-7-18-20(15-28)25-23(26-22(18)30)29-9-11-31-12-10-29/h3-6,13H,7-12,14-15H2,1-2H3,(H,25,26,30). The van der Waals surface area contributed by atoms with E-state index in [2.05, 4.69) is 31.8 Å². The topological polar surface area (TPSA) is 77.6 Å². The molecule has 0 saturated carbocycles. The average Bonchev–Trinajstić information content (AvgIpc) is 2.79. The number of aromatic nitrogens is 3. The van der Waals surface area contributed by atoms with E-state index in [-0.39, 0.29) is 5.56 Å². The predicted molar refractivity (Wildman–Crippen MR) is 122 cm³/mol. The second-order valence-electron chi connectivity index (χ2n) is 8.43. The number of nitrogens with zero attached hydrogens (tertiary/aromatic N) is 5. The molecule has 3 aromatic rings. The molecular weight excluding hydrogens is 392 g/mol. The number of para-hydroxylation sites is 1. The van der Waals surface area contributed by atoms with Crippen molar-refractivity contribution < 1.29 is 4.74 Å². The van der Waals surface area contributed by atoms with Crippen molar-refractivity contribution in [1.82, 2.24) is 19.9 Å². The summed E-state index contributed by atoms with van der Waals surface area (Å²) in [6.45, 7) is 5.09. The number of aromatic amines is 1. The highest BCUT2D eigenvalue weighted by atomic mass is 16.5. The maximum Gasteiger partial charge on any atom is 0.255 e. The molecule has 1 aromatic carbocycles. The highest BCUT2D eigenvalue weighted by Gasteiger charge is 2.24. The lowest BCUT2D eigenvalue weighted by Gasteiger charge is -2.31. The molecule has 0 unspecified atom stereocenters. The molecule has 0 spiro atoms. The first kappa shape index (κ1) is 20.0. The second-order valence-corrected chi connectivity index (χ2v) is 8.43. The minimum Gasteiger partial charge on any atom is -0.378 e. The Morgan fingerprint density at radius 1 is 1.13 bits per heavy atom.